The lowest BCUT2D eigenvalue weighted by atomic mass is 10.1. The molecule has 0 radical (unpaired) electrons. The fourth-order valence-electron chi connectivity index (χ4n) is 3.12. The normalized spacial score (nSPS) is 11.9. The average molecular weight is 406 g/mol. The van der Waals surface area contributed by atoms with Gasteiger partial charge in [-0.05, 0) is 17.7 Å². The molecule has 1 amide bonds. The number of imidazole rings is 1. The van der Waals surface area contributed by atoms with E-state index in [4.69, 9.17) is 0 Å². The lowest BCUT2D eigenvalue weighted by Crippen LogP contribution is -2.32. The maximum Gasteiger partial charge on any atom is 0.226 e. The summed E-state index contributed by atoms with van der Waals surface area (Å²) in [6.45, 7) is 0. The standard InChI is InChI=1S/C22H19FN4OS/c1-27-11-10-24-21(27)20(16-8-5-9-17(23)12-16)26-19(28)13-18-14-29-22(25-18)15-6-3-2-4-7-15/h2-12,14,20H,13H2,1H3,(H,26,28). The van der Waals surface area contributed by atoms with Crippen LogP contribution in [0.3, 0.4) is 0 Å². The molecule has 29 heavy (non-hydrogen) atoms. The van der Waals surface area contributed by atoms with Gasteiger partial charge in [0.15, 0.2) is 0 Å². The van der Waals surface area contributed by atoms with Gasteiger partial charge in [-0.3, -0.25) is 4.79 Å². The Kier molecular flexibility index (Phi) is 5.48. The first kappa shape index (κ1) is 19.0. The van der Waals surface area contributed by atoms with Crippen molar-refractivity contribution >= 4 is 17.2 Å². The number of thiazole rings is 1. The van der Waals surface area contributed by atoms with Crippen LogP contribution in [-0.4, -0.2) is 20.4 Å². The van der Waals surface area contributed by atoms with E-state index in [-0.39, 0.29) is 18.1 Å². The number of carbonyl (C=O) groups is 1. The Morgan fingerprint density at radius 3 is 2.76 bits per heavy atom. The SMILES string of the molecule is Cn1ccnc1C(NC(=O)Cc1csc(-c2ccccc2)n1)c1cccc(F)c1. The molecule has 7 heteroatoms. The minimum absolute atomic E-state index is 0.138. The molecule has 0 bridgehead atoms. The average Bonchev–Trinajstić information content (AvgIpc) is 3.36. The zero-order chi connectivity index (χ0) is 20.2. The van der Waals surface area contributed by atoms with Crippen molar-refractivity contribution in [3.8, 4) is 10.6 Å². The Hall–Kier alpha value is -3.32. The van der Waals surface area contributed by atoms with Crippen LogP contribution in [0.25, 0.3) is 10.6 Å². The summed E-state index contributed by atoms with van der Waals surface area (Å²) in [6, 6.07) is 15.5. The molecule has 2 aromatic heterocycles. The first-order valence-electron chi connectivity index (χ1n) is 9.12. The van der Waals surface area contributed by atoms with Crippen LogP contribution in [0.5, 0.6) is 0 Å². The van der Waals surface area contributed by atoms with Gasteiger partial charge in [0.05, 0.1) is 12.1 Å². The molecular weight excluding hydrogens is 387 g/mol. The lowest BCUT2D eigenvalue weighted by molar-refractivity contribution is -0.121. The third-order valence-electron chi connectivity index (χ3n) is 4.52. The molecule has 1 atom stereocenters. The van der Waals surface area contributed by atoms with Crippen LogP contribution in [0.15, 0.2) is 72.4 Å². The van der Waals surface area contributed by atoms with Gasteiger partial charge in [-0.15, -0.1) is 11.3 Å². The van der Waals surface area contributed by atoms with Gasteiger partial charge in [0.1, 0.15) is 22.7 Å². The van der Waals surface area contributed by atoms with E-state index in [2.05, 4.69) is 15.3 Å². The van der Waals surface area contributed by atoms with E-state index < -0.39 is 6.04 Å². The number of hydrogen-bond donors (Lipinski definition) is 1. The molecule has 0 spiro atoms. The van der Waals surface area contributed by atoms with Crippen LogP contribution in [0, 0.1) is 5.82 Å². The van der Waals surface area contributed by atoms with E-state index in [9.17, 15) is 9.18 Å². The molecule has 5 nitrogen and oxygen atoms in total. The summed E-state index contributed by atoms with van der Waals surface area (Å²) < 4.78 is 15.6. The molecule has 0 saturated heterocycles. The van der Waals surface area contributed by atoms with E-state index in [1.54, 1.807) is 24.5 Å². The van der Waals surface area contributed by atoms with Gasteiger partial charge in [0, 0.05) is 30.4 Å². The molecule has 0 fully saturated rings. The summed E-state index contributed by atoms with van der Waals surface area (Å²) in [4.78, 5) is 21.7. The number of carbonyl (C=O) groups excluding carboxylic acids is 1. The number of nitrogens with one attached hydrogen (secondary N) is 1. The van der Waals surface area contributed by atoms with Crippen molar-refractivity contribution in [2.45, 2.75) is 12.5 Å². The van der Waals surface area contributed by atoms with Crippen molar-refractivity contribution in [2.24, 2.45) is 7.05 Å². The molecule has 146 valence electrons. The number of benzene rings is 2. The van der Waals surface area contributed by atoms with Crippen LogP contribution in [0.1, 0.15) is 23.1 Å². The Bertz CT molecular complexity index is 1120. The summed E-state index contributed by atoms with van der Waals surface area (Å²) in [7, 11) is 1.84. The highest BCUT2D eigenvalue weighted by Crippen LogP contribution is 2.24. The molecule has 1 unspecified atom stereocenters. The summed E-state index contributed by atoms with van der Waals surface area (Å²) in [5, 5.41) is 5.74. The predicted octanol–water partition coefficient (Wildman–Crippen LogP) is 4.13. The third kappa shape index (κ3) is 4.41. The number of amides is 1. The molecule has 2 heterocycles. The van der Waals surface area contributed by atoms with Crippen molar-refractivity contribution in [3.05, 3.63) is 95.3 Å². The summed E-state index contributed by atoms with van der Waals surface area (Å²) >= 11 is 1.50. The molecular formula is C22H19FN4OS. The number of aromatic nitrogens is 3. The number of rotatable bonds is 6. The van der Waals surface area contributed by atoms with Crippen LogP contribution >= 0.6 is 11.3 Å². The minimum Gasteiger partial charge on any atom is -0.342 e. The molecule has 0 saturated carbocycles. The minimum atomic E-state index is -0.551. The smallest absolute Gasteiger partial charge is 0.226 e. The van der Waals surface area contributed by atoms with Gasteiger partial charge < -0.3 is 9.88 Å². The van der Waals surface area contributed by atoms with Crippen molar-refractivity contribution in [1.29, 1.82) is 0 Å². The van der Waals surface area contributed by atoms with E-state index in [0.29, 0.717) is 17.1 Å². The van der Waals surface area contributed by atoms with Gasteiger partial charge in [0.25, 0.3) is 0 Å². The van der Waals surface area contributed by atoms with Gasteiger partial charge in [-0.2, -0.15) is 0 Å². The zero-order valence-electron chi connectivity index (χ0n) is 15.7. The zero-order valence-corrected chi connectivity index (χ0v) is 16.6. The summed E-state index contributed by atoms with van der Waals surface area (Å²) in [5.41, 5.74) is 2.36. The van der Waals surface area contributed by atoms with Gasteiger partial charge in [0.2, 0.25) is 5.91 Å². The third-order valence-corrected chi connectivity index (χ3v) is 5.46. The van der Waals surface area contributed by atoms with Crippen molar-refractivity contribution in [3.63, 3.8) is 0 Å². The summed E-state index contributed by atoms with van der Waals surface area (Å²) in [5.74, 6) is 0.0716. The largest absolute Gasteiger partial charge is 0.342 e. The monoisotopic (exact) mass is 406 g/mol. The topological polar surface area (TPSA) is 59.8 Å². The molecule has 1 N–H and O–H groups in total. The van der Waals surface area contributed by atoms with Gasteiger partial charge >= 0.3 is 0 Å². The Balaban J connectivity index is 1.53. The van der Waals surface area contributed by atoms with E-state index in [0.717, 1.165) is 10.6 Å². The highest BCUT2D eigenvalue weighted by molar-refractivity contribution is 7.13. The van der Waals surface area contributed by atoms with E-state index in [1.165, 1.54) is 23.5 Å². The lowest BCUT2D eigenvalue weighted by Gasteiger charge is -2.19. The number of nitrogens with zero attached hydrogens (tertiary/aromatic N) is 3. The quantitative estimate of drug-likeness (QED) is 0.524. The van der Waals surface area contributed by atoms with Gasteiger partial charge in [-0.1, -0.05) is 42.5 Å². The second-order valence-electron chi connectivity index (χ2n) is 6.64. The van der Waals surface area contributed by atoms with Crippen molar-refractivity contribution in [1.82, 2.24) is 19.9 Å². The van der Waals surface area contributed by atoms with Crippen LogP contribution in [0.4, 0.5) is 4.39 Å². The second-order valence-corrected chi connectivity index (χ2v) is 7.50. The second kappa shape index (κ2) is 8.36. The van der Waals surface area contributed by atoms with Crippen molar-refractivity contribution < 1.29 is 9.18 Å². The Labute approximate surface area is 171 Å². The van der Waals surface area contributed by atoms with Crippen LogP contribution in [0.2, 0.25) is 0 Å². The fourth-order valence-corrected chi connectivity index (χ4v) is 3.94. The first-order valence-corrected chi connectivity index (χ1v) is 10.00. The Morgan fingerprint density at radius 2 is 2.03 bits per heavy atom. The highest BCUT2D eigenvalue weighted by Gasteiger charge is 2.22. The number of aryl methyl sites for hydroxylation is 1. The molecule has 0 aliphatic rings. The molecule has 4 aromatic rings. The fraction of sp³-hybridized carbons (Fsp3) is 0.136. The van der Waals surface area contributed by atoms with Crippen LogP contribution < -0.4 is 5.32 Å². The maximum atomic E-state index is 13.8. The van der Waals surface area contributed by atoms with E-state index in [1.807, 2.05) is 47.3 Å². The molecule has 0 aliphatic carbocycles. The Morgan fingerprint density at radius 1 is 1.21 bits per heavy atom. The molecule has 0 aliphatic heterocycles. The van der Waals surface area contributed by atoms with E-state index >= 15 is 0 Å². The summed E-state index contributed by atoms with van der Waals surface area (Å²) in [6.07, 6.45) is 3.58. The predicted molar refractivity (Wildman–Crippen MR) is 111 cm³/mol. The molecule has 4 rings (SSSR count). The first-order chi connectivity index (χ1) is 14.1. The highest BCUT2D eigenvalue weighted by atomic mass is 32.1. The number of halogens is 1. The van der Waals surface area contributed by atoms with Crippen molar-refractivity contribution in [2.75, 3.05) is 0 Å². The number of hydrogen-bond acceptors (Lipinski definition) is 4. The molecule has 2 aromatic carbocycles. The van der Waals surface area contributed by atoms with Crippen LogP contribution in [-0.2, 0) is 18.3 Å². The maximum absolute atomic E-state index is 13.8. The van der Waals surface area contributed by atoms with Gasteiger partial charge in [-0.25, -0.2) is 14.4 Å².